The first-order valence-corrected chi connectivity index (χ1v) is 4.79. The van der Waals surface area contributed by atoms with E-state index >= 15 is 0 Å². The number of carboxylic acid groups (broad SMARTS) is 2. The first kappa shape index (κ1) is 11.8. The third-order valence-electron chi connectivity index (χ3n) is 2.26. The zero-order valence-electron chi connectivity index (χ0n) is 8.71. The highest BCUT2D eigenvalue weighted by molar-refractivity contribution is 5.80. The molecule has 6 nitrogen and oxygen atoms in total. The van der Waals surface area contributed by atoms with Crippen LogP contribution in [0.5, 0.6) is 0 Å². The Morgan fingerprint density at radius 2 is 2.00 bits per heavy atom. The number of ether oxygens (including phenoxy) is 1. The van der Waals surface area contributed by atoms with Gasteiger partial charge in [-0.25, -0.2) is 9.59 Å². The second-order valence-corrected chi connectivity index (χ2v) is 3.83. The fourth-order valence-corrected chi connectivity index (χ4v) is 1.73. The van der Waals surface area contributed by atoms with Crippen LogP contribution in [0, 0.1) is 0 Å². The van der Waals surface area contributed by atoms with Crippen molar-refractivity contribution >= 4 is 12.1 Å². The number of hydrogen-bond acceptors (Lipinski definition) is 3. The number of aliphatic carboxylic acids is 1. The molecule has 0 radical (unpaired) electrons. The van der Waals surface area contributed by atoms with Gasteiger partial charge >= 0.3 is 12.1 Å². The molecule has 0 saturated carbocycles. The van der Waals surface area contributed by atoms with Crippen molar-refractivity contribution in [2.75, 3.05) is 6.54 Å². The highest BCUT2D eigenvalue weighted by atomic mass is 16.5. The van der Waals surface area contributed by atoms with E-state index in [1.54, 1.807) is 0 Å². The second-order valence-electron chi connectivity index (χ2n) is 3.83. The number of likely N-dealkylation sites (tertiary alicyclic amines) is 1. The van der Waals surface area contributed by atoms with E-state index in [1.807, 2.05) is 13.8 Å². The predicted octanol–water partition coefficient (Wildman–Crippen LogP) is 0.617. The summed E-state index contributed by atoms with van der Waals surface area (Å²) in [6.07, 6.45) is -1.34. The molecule has 0 unspecified atom stereocenters. The SMILES string of the molecule is CC(C)O[C@@H]1C[C@H](C(=O)O)N(C(=O)O)C1. The Morgan fingerprint density at radius 3 is 2.33 bits per heavy atom. The van der Waals surface area contributed by atoms with Gasteiger partial charge in [-0.3, -0.25) is 4.90 Å². The molecule has 2 N–H and O–H groups in total. The fraction of sp³-hybridized carbons (Fsp3) is 0.778. The van der Waals surface area contributed by atoms with Crippen LogP contribution >= 0.6 is 0 Å². The van der Waals surface area contributed by atoms with E-state index in [1.165, 1.54) is 0 Å². The quantitative estimate of drug-likeness (QED) is 0.723. The molecule has 1 heterocycles. The maximum Gasteiger partial charge on any atom is 0.408 e. The van der Waals surface area contributed by atoms with E-state index < -0.39 is 18.1 Å². The van der Waals surface area contributed by atoms with Crippen molar-refractivity contribution in [3.05, 3.63) is 0 Å². The molecular formula is C9H15NO5. The van der Waals surface area contributed by atoms with Gasteiger partial charge in [0.2, 0.25) is 0 Å². The molecule has 86 valence electrons. The number of nitrogens with zero attached hydrogens (tertiary/aromatic N) is 1. The lowest BCUT2D eigenvalue weighted by Gasteiger charge is -2.17. The molecule has 6 heteroatoms. The van der Waals surface area contributed by atoms with E-state index in [0.717, 1.165) is 4.90 Å². The lowest BCUT2D eigenvalue weighted by Crippen LogP contribution is -2.39. The Balaban J connectivity index is 2.65. The summed E-state index contributed by atoms with van der Waals surface area (Å²) in [7, 11) is 0. The van der Waals surface area contributed by atoms with E-state index in [2.05, 4.69) is 0 Å². The maximum atomic E-state index is 10.8. The lowest BCUT2D eigenvalue weighted by molar-refractivity contribution is -0.141. The zero-order chi connectivity index (χ0) is 11.6. The van der Waals surface area contributed by atoms with E-state index in [4.69, 9.17) is 14.9 Å². The standard InChI is InChI=1S/C9H15NO5/c1-5(2)15-6-3-7(8(11)12)10(4-6)9(13)14/h5-7H,3-4H2,1-2H3,(H,11,12)(H,13,14)/t6-,7-/m1/s1. The van der Waals surface area contributed by atoms with Crippen molar-refractivity contribution in [1.29, 1.82) is 0 Å². The highest BCUT2D eigenvalue weighted by Gasteiger charge is 2.40. The number of carboxylic acids is 1. The first-order valence-electron chi connectivity index (χ1n) is 4.79. The molecule has 1 fully saturated rings. The molecule has 0 bridgehead atoms. The third-order valence-corrected chi connectivity index (χ3v) is 2.26. The Hall–Kier alpha value is -1.30. The van der Waals surface area contributed by atoms with Gasteiger partial charge in [0, 0.05) is 6.42 Å². The molecule has 0 aliphatic carbocycles. The molecule has 0 spiro atoms. The van der Waals surface area contributed by atoms with Gasteiger partial charge in [-0.1, -0.05) is 0 Å². The van der Waals surface area contributed by atoms with Crippen LogP contribution in [0.4, 0.5) is 4.79 Å². The predicted molar refractivity (Wildman–Crippen MR) is 50.8 cm³/mol. The summed E-state index contributed by atoms with van der Waals surface area (Å²) in [5.41, 5.74) is 0. The molecule has 0 aromatic heterocycles. The minimum atomic E-state index is -1.21. The van der Waals surface area contributed by atoms with Crippen LogP contribution in [0.25, 0.3) is 0 Å². The van der Waals surface area contributed by atoms with Gasteiger partial charge in [0.05, 0.1) is 18.8 Å². The average molecular weight is 217 g/mol. The zero-order valence-corrected chi connectivity index (χ0v) is 8.71. The summed E-state index contributed by atoms with van der Waals surface area (Å²) in [5, 5.41) is 17.6. The van der Waals surface area contributed by atoms with Crippen molar-refractivity contribution in [2.24, 2.45) is 0 Å². The van der Waals surface area contributed by atoms with Gasteiger partial charge in [-0.2, -0.15) is 0 Å². The molecule has 0 aromatic carbocycles. The molecule has 1 rings (SSSR count). The van der Waals surface area contributed by atoms with Gasteiger partial charge in [0.1, 0.15) is 6.04 Å². The van der Waals surface area contributed by atoms with Crippen molar-refractivity contribution in [3.8, 4) is 0 Å². The van der Waals surface area contributed by atoms with Crippen LogP contribution in [-0.4, -0.2) is 52.0 Å². The fourth-order valence-electron chi connectivity index (χ4n) is 1.73. The third kappa shape index (κ3) is 2.82. The maximum absolute atomic E-state index is 10.8. The number of carbonyl (C=O) groups is 2. The molecule has 15 heavy (non-hydrogen) atoms. The summed E-state index contributed by atoms with van der Waals surface area (Å²) in [4.78, 5) is 22.5. The molecule has 1 aliphatic heterocycles. The Morgan fingerprint density at radius 1 is 1.40 bits per heavy atom. The largest absolute Gasteiger partial charge is 0.480 e. The van der Waals surface area contributed by atoms with Crippen LogP contribution in [0.3, 0.4) is 0 Å². The van der Waals surface area contributed by atoms with Crippen LogP contribution in [-0.2, 0) is 9.53 Å². The highest BCUT2D eigenvalue weighted by Crippen LogP contribution is 2.21. The van der Waals surface area contributed by atoms with Crippen LogP contribution in [0.2, 0.25) is 0 Å². The van der Waals surface area contributed by atoms with Crippen molar-refractivity contribution in [3.63, 3.8) is 0 Å². The smallest absolute Gasteiger partial charge is 0.408 e. The minimum Gasteiger partial charge on any atom is -0.480 e. The second kappa shape index (κ2) is 4.48. The van der Waals surface area contributed by atoms with Crippen molar-refractivity contribution in [2.45, 2.75) is 38.5 Å². The normalized spacial score (nSPS) is 25.9. The van der Waals surface area contributed by atoms with Gasteiger partial charge in [-0.05, 0) is 13.8 Å². The van der Waals surface area contributed by atoms with Crippen LogP contribution < -0.4 is 0 Å². The van der Waals surface area contributed by atoms with Crippen molar-refractivity contribution in [1.82, 2.24) is 4.90 Å². The molecule has 1 saturated heterocycles. The van der Waals surface area contributed by atoms with E-state index in [9.17, 15) is 9.59 Å². The number of rotatable bonds is 3. The molecule has 1 aliphatic rings. The monoisotopic (exact) mass is 217 g/mol. The molecule has 2 atom stereocenters. The van der Waals surface area contributed by atoms with Gasteiger partial charge < -0.3 is 14.9 Å². The van der Waals surface area contributed by atoms with Crippen LogP contribution in [0.15, 0.2) is 0 Å². The summed E-state index contributed by atoms with van der Waals surface area (Å²) >= 11 is 0. The van der Waals surface area contributed by atoms with Crippen molar-refractivity contribution < 1.29 is 24.5 Å². The topological polar surface area (TPSA) is 87.1 Å². The van der Waals surface area contributed by atoms with Gasteiger partial charge in [0.15, 0.2) is 0 Å². The van der Waals surface area contributed by atoms with Crippen LogP contribution in [0.1, 0.15) is 20.3 Å². The first-order chi connectivity index (χ1) is 6.91. The number of hydrogen-bond donors (Lipinski definition) is 2. The van der Waals surface area contributed by atoms with Gasteiger partial charge in [0.25, 0.3) is 0 Å². The van der Waals surface area contributed by atoms with E-state index in [-0.39, 0.29) is 25.2 Å². The Bertz CT molecular complexity index is 243. The minimum absolute atomic E-state index is 0.0295. The molecular weight excluding hydrogens is 202 g/mol. The summed E-state index contributed by atoms with van der Waals surface area (Å²) < 4.78 is 5.40. The lowest BCUT2D eigenvalue weighted by atomic mass is 10.2. The summed E-state index contributed by atoms with van der Waals surface area (Å²) in [6.45, 7) is 3.79. The Labute approximate surface area is 87.4 Å². The molecule has 0 aromatic rings. The Kier molecular flexibility index (Phi) is 3.52. The van der Waals surface area contributed by atoms with E-state index in [0.29, 0.717) is 0 Å². The summed E-state index contributed by atoms with van der Waals surface area (Å²) in [6, 6.07) is -0.980. The molecule has 1 amide bonds. The summed E-state index contributed by atoms with van der Waals surface area (Å²) in [5.74, 6) is -1.12. The van der Waals surface area contributed by atoms with Gasteiger partial charge in [-0.15, -0.1) is 0 Å². The number of amides is 1. The average Bonchev–Trinajstić information content (AvgIpc) is 2.46.